The van der Waals surface area contributed by atoms with E-state index < -0.39 is 0 Å². The highest BCUT2D eigenvalue weighted by Crippen LogP contribution is 2.70. The molecule has 0 aliphatic heterocycles. The SMILES string of the molecule is C[C@]12CC[C@H]3[C@@H](CCC4=C(C5=CC(=O)CC6CC[C@@H]7[C@@H](CC[C@]8(C)C(=O)CC[C@@H]78)[C@@]56C)C(=O)CC[C@@]43C)[C@@H]1CC[C@@H]2O. The smallest absolute Gasteiger partial charge is 0.163 e. The molecule has 0 radical (unpaired) electrons. The Labute approximate surface area is 252 Å². The lowest BCUT2D eigenvalue weighted by Crippen LogP contribution is -2.55. The molecule has 6 saturated carbocycles. The number of carbonyl (C=O) groups is 3. The summed E-state index contributed by atoms with van der Waals surface area (Å²) in [6.45, 7) is 9.51. The van der Waals surface area contributed by atoms with E-state index in [-0.39, 0.29) is 39.3 Å². The average molecular weight is 573 g/mol. The van der Waals surface area contributed by atoms with Crippen molar-refractivity contribution in [2.24, 2.45) is 63.1 Å². The Morgan fingerprint density at radius 2 is 1.43 bits per heavy atom. The summed E-state index contributed by atoms with van der Waals surface area (Å²) in [6.07, 6.45) is 16.3. The van der Waals surface area contributed by atoms with Gasteiger partial charge in [-0.15, -0.1) is 0 Å². The molecule has 0 saturated heterocycles. The third-order valence-electron chi connectivity index (χ3n) is 16.3. The zero-order valence-electron chi connectivity index (χ0n) is 26.5. The van der Waals surface area contributed by atoms with Crippen LogP contribution in [0.2, 0.25) is 0 Å². The van der Waals surface area contributed by atoms with Gasteiger partial charge in [-0.2, -0.15) is 0 Å². The Bertz CT molecular complexity index is 1320. The zero-order valence-corrected chi connectivity index (χ0v) is 26.5. The first-order valence-corrected chi connectivity index (χ1v) is 17.7. The van der Waals surface area contributed by atoms with E-state index >= 15 is 0 Å². The van der Waals surface area contributed by atoms with Crippen LogP contribution in [0.3, 0.4) is 0 Å². The van der Waals surface area contributed by atoms with Crippen molar-refractivity contribution in [3.8, 4) is 0 Å². The number of hydrogen-bond donors (Lipinski definition) is 1. The number of aliphatic hydroxyl groups is 1. The zero-order chi connectivity index (χ0) is 29.4. The van der Waals surface area contributed by atoms with Gasteiger partial charge in [0.15, 0.2) is 11.6 Å². The maximum Gasteiger partial charge on any atom is 0.163 e. The van der Waals surface area contributed by atoms with Crippen LogP contribution in [-0.2, 0) is 14.4 Å². The van der Waals surface area contributed by atoms with Crippen molar-refractivity contribution in [3.63, 3.8) is 0 Å². The standard InChI is InChI=1S/C38H52O4/c1-35-18-15-31(40)34(29(35)8-7-23-25-9-11-32(41)36(25,2)16-13-27(23)35)30-20-22(39)19-21-5-6-24-26-10-12-33(42)37(26,3)17-14-28(24)38(21,30)4/h20-21,23-28,32,41H,5-19H2,1-4H3/t21?,23-,24-,25-,26-,27-,28+,32-,35+,36-,37-,38-/m0/s1. The summed E-state index contributed by atoms with van der Waals surface area (Å²) in [4.78, 5) is 40.7. The van der Waals surface area contributed by atoms with Crippen LogP contribution in [-0.4, -0.2) is 28.6 Å². The van der Waals surface area contributed by atoms with E-state index in [9.17, 15) is 19.5 Å². The van der Waals surface area contributed by atoms with Crippen LogP contribution >= 0.6 is 0 Å². The summed E-state index contributed by atoms with van der Waals surface area (Å²) < 4.78 is 0. The van der Waals surface area contributed by atoms with E-state index in [1.807, 2.05) is 6.08 Å². The summed E-state index contributed by atoms with van der Waals surface area (Å²) in [5.74, 6) is 4.49. The van der Waals surface area contributed by atoms with Crippen molar-refractivity contribution in [2.45, 2.75) is 130 Å². The fourth-order valence-electron chi connectivity index (χ4n) is 13.9. The second-order valence-electron chi connectivity index (χ2n) is 17.3. The van der Waals surface area contributed by atoms with Gasteiger partial charge in [-0.3, -0.25) is 14.4 Å². The molecule has 4 nitrogen and oxygen atoms in total. The number of rotatable bonds is 1. The normalized spacial score (nSPS) is 53.5. The molecule has 0 aromatic carbocycles. The quantitative estimate of drug-likeness (QED) is 0.352. The molecule has 0 bridgehead atoms. The Hall–Kier alpha value is -1.55. The lowest BCUT2D eigenvalue weighted by molar-refractivity contribution is -0.135. The van der Waals surface area contributed by atoms with Crippen LogP contribution in [0.4, 0.5) is 0 Å². The van der Waals surface area contributed by atoms with Gasteiger partial charge >= 0.3 is 0 Å². The summed E-state index contributed by atoms with van der Waals surface area (Å²) in [5.41, 5.74) is 3.22. The first-order chi connectivity index (χ1) is 19.9. The van der Waals surface area contributed by atoms with Gasteiger partial charge in [0.05, 0.1) is 6.10 Å². The molecule has 1 N–H and O–H groups in total. The molecule has 8 aliphatic rings. The molecule has 1 unspecified atom stereocenters. The van der Waals surface area contributed by atoms with Gasteiger partial charge < -0.3 is 5.11 Å². The maximum atomic E-state index is 14.2. The van der Waals surface area contributed by atoms with E-state index in [0.717, 1.165) is 94.6 Å². The second kappa shape index (κ2) is 9.01. The van der Waals surface area contributed by atoms with Crippen molar-refractivity contribution in [2.75, 3.05) is 0 Å². The summed E-state index contributed by atoms with van der Waals surface area (Å²) in [6, 6.07) is 0. The van der Waals surface area contributed by atoms with Gasteiger partial charge in [-0.25, -0.2) is 0 Å². The first kappa shape index (κ1) is 28.0. The highest BCUT2D eigenvalue weighted by molar-refractivity contribution is 6.05. The Kier molecular flexibility index (Phi) is 6.00. The van der Waals surface area contributed by atoms with E-state index in [0.29, 0.717) is 60.1 Å². The molecule has 6 fully saturated rings. The number of ketones is 3. The lowest BCUT2D eigenvalue weighted by atomic mass is 9.42. The van der Waals surface area contributed by atoms with Gasteiger partial charge in [0.2, 0.25) is 0 Å². The number of Topliss-reactive ketones (excluding diaryl/α,β-unsaturated/α-hetero) is 2. The van der Waals surface area contributed by atoms with Gasteiger partial charge in [-0.1, -0.05) is 33.3 Å². The van der Waals surface area contributed by atoms with Crippen LogP contribution in [0, 0.1) is 63.1 Å². The van der Waals surface area contributed by atoms with Gasteiger partial charge in [-0.05, 0) is 146 Å². The largest absolute Gasteiger partial charge is 0.393 e. The molecule has 228 valence electrons. The molecule has 8 rings (SSSR count). The van der Waals surface area contributed by atoms with Crippen LogP contribution in [0.5, 0.6) is 0 Å². The van der Waals surface area contributed by atoms with Gasteiger partial charge in [0.25, 0.3) is 0 Å². The molecule has 42 heavy (non-hydrogen) atoms. The van der Waals surface area contributed by atoms with Crippen LogP contribution in [0.25, 0.3) is 0 Å². The summed E-state index contributed by atoms with van der Waals surface area (Å²) in [5, 5.41) is 11.0. The predicted molar refractivity (Wildman–Crippen MR) is 162 cm³/mol. The number of fused-ring (bicyclic) bond motifs is 10. The third-order valence-corrected chi connectivity index (χ3v) is 16.3. The minimum absolute atomic E-state index is 0.00526. The van der Waals surface area contributed by atoms with E-state index in [1.54, 1.807) is 0 Å². The Morgan fingerprint density at radius 3 is 2.24 bits per heavy atom. The molecule has 0 heterocycles. The monoisotopic (exact) mass is 572 g/mol. The molecular formula is C38H52O4. The van der Waals surface area contributed by atoms with E-state index in [1.165, 1.54) is 5.57 Å². The number of aliphatic hydroxyl groups excluding tert-OH is 1. The summed E-state index contributed by atoms with van der Waals surface area (Å²) >= 11 is 0. The number of hydrogen-bond acceptors (Lipinski definition) is 4. The second-order valence-corrected chi connectivity index (χ2v) is 17.3. The topological polar surface area (TPSA) is 71.4 Å². The van der Waals surface area contributed by atoms with E-state index in [4.69, 9.17) is 0 Å². The Morgan fingerprint density at radius 1 is 0.690 bits per heavy atom. The molecule has 0 aromatic heterocycles. The molecule has 0 spiro atoms. The highest BCUT2D eigenvalue weighted by atomic mass is 16.3. The lowest BCUT2D eigenvalue weighted by Gasteiger charge is -2.61. The average Bonchev–Trinajstić information content (AvgIpc) is 3.43. The molecule has 12 atom stereocenters. The highest BCUT2D eigenvalue weighted by Gasteiger charge is 2.64. The maximum absolute atomic E-state index is 14.2. The first-order valence-electron chi connectivity index (χ1n) is 17.7. The van der Waals surface area contributed by atoms with Crippen molar-refractivity contribution < 1.29 is 19.5 Å². The van der Waals surface area contributed by atoms with Crippen molar-refractivity contribution in [3.05, 3.63) is 22.8 Å². The fraction of sp³-hybridized carbons (Fsp3) is 0.816. The van der Waals surface area contributed by atoms with Crippen LogP contribution < -0.4 is 0 Å². The fourth-order valence-corrected chi connectivity index (χ4v) is 13.9. The molecule has 8 aliphatic carbocycles. The van der Waals surface area contributed by atoms with Crippen molar-refractivity contribution >= 4 is 17.3 Å². The van der Waals surface area contributed by atoms with Gasteiger partial charge in [0, 0.05) is 30.3 Å². The molecule has 0 amide bonds. The minimum Gasteiger partial charge on any atom is -0.393 e. The summed E-state index contributed by atoms with van der Waals surface area (Å²) in [7, 11) is 0. The van der Waals surface area contributed by atoms with Crippen LogP contribution in [0.1, 0.15) is 124 Å². The van der Waals surface area contributed by atoms with Crippen molar-refractivity contribution in [1.29, 1.82) is 0 Å². The van der Waals surface area contributed by atoms with Crippen LogP contribution in [0.15, 0.2) is 22.8 Å². The van der Waals surface area contributed by atoms with E-state index in [2.05, 4.69) is 27.7 Å². The third kappa shape index (κ3) is 3.37. The molecular weight excluding hydrogens is 520 g/mol. The molecule has 0 aromatic rings. The van der Waals surface area contributed by atoms with Gasteiger partial charge in [0.1, 0.15) is 5.78 Å². The van der Waals surface area contributed by atoms with Crippen molar-refractivity contribution in [1.82, 2.24) is 0 Å². The number of carbonyl (C=O) groups excluding carboxylic acids is 3. The Balaban J connectivity index is 1.22. The predicted octanol–water partition coefficient (Wildman–Crippen LogP) is 7.58. The molecule has 4 heteroatoms. The number of allylic oxidation sites excluding steroid dienone is 3. The minimum atomic E-state index is -0.169.